The van der Waals surface area contributed by atoms with E-state index >= 15 is 0 Å². The number of imide groups is 1. The summed E-state index contributed by atoms with van der Waals surface area (Å²) in [6, 6.07) is 10.9. The molecule has 6 nitrogen and oxygen atoms in total. The minimum absolute atomic E-state index is 0.0929. The lowest BCUT2D eigenvalue weighted by atomic mass is 9.59. The number of carbonyl (C=O) groups excluding carboxylic acids is 4. The number of fused-ring (bicyclic) bond motifs is 3. The highest BCUT2D eigenvalue weighted by Gasteiger charge is 2.56. The molecule has 0 saturated carbocycles. The molecule has 186 valence electrons. The van der Waals surface area contributed by atoms with Crippen LogP contribution in [0.15, 0.2) is 80.3 Å². The largest absolute Gasteiger partial charge is 0.505 e. The molecule has 3 aliphatic carbocycles. The highest BCUT2D eigenvalue weighted by Crippen LogP contribution is 2.56. The third-order valence-electron chi connectivity index (χ3n) is 7.75. The van der Waals surface area contributed by atoms with Crippen molar-refractivity contribution in [2.24, 2.45) is 17.8 Å². The fourth-order valence-electron chi connectivity index (χ4n) is 6.17. The highest BCUT2D eigenvalue weighted by molar-refractivity contribution is 9.12. The van der Waals surface area contributed by atoms with Crippen LogP contribution in [0, 0.1) is 23.6 Å². The predicted octanol–water partition coefficient (Wildman–Crippen LogP) is 5.26. The number of rotatable bonds is 2. The average molecular weight is 627 g/mol. The molecule has 1 saturated heterocycles. The Balaban J connectivity index is 1.50. The zero-order valence-corrected chi connectivity index (χ0v) is 22.3. The quantitative estimate of drug-likeness (QED) is 0.279. The van der Waals surface area contributed by atoms with Gasteiger partial charge >= 0.3 is 0 Å². The van der Waals surface area contributed by atoms with E-state index in [1.807, 2.05) is 6.08 Å². The molecule has 0 spiro atoms. The topological polar surface area (TPSA) is 91.8 Å². The minimum atomic E-state index is -0.914. The normalized spacial score (nSPS) is 27.1. The van der Waals surface area contributed by atoms with Gasteiger partial charge in [0.05, 0.1) is 22.0 Å². The Hall–Kier alpha value is -3.17. The van der Waals surface area contributed by atoms with Gasteiger partial charge in [-0.25, -0.2) is 4.39 Å². The molecule has 2 amide bonds. The Morgan fingerprint density at radius 2 is 1.68 bits per heavy atom. The van der Waals surface area contributed by atoms with Gasteiger partial charge in [0, 0.05) is 33.2 Å². The number of amides is 2. The summed E-state index contributed by atoms with van der Waals surface area (Å²) in [7, 11) is 0. The second-order valence-corrected chi connectivity index (χ2v) is 11.3. The van der Waals surface area contributed by atoms with E-state index in [-0.39, 0.29) is 45.8 Å². The Kier molecular flexibility index (Phi) is 5.69. The molecule has 0 aromatic heterocycles. The van der Waals surface area contributed by atoms with Crippen molar-refractivity contribution in [3.63, 3.8) is 0 Å². The van der Waals surface area contributed by atoms with Crippen LogP contribution >= 0.6 is 31.9 Å². The van der Waals surface area contributed by atoms with E-state index in [1.54, 1.807) is 24.3 Å². The molecular formula is C28H18Br2FNO5. The molecule has 1 N–H and O–H groups in total. The summed E-state index contributed by atoms with van der Waals surface area (Å²) >= 11 is 6.53. The molecule has 4 aliphatic rings. The molecule has 0 radical (unpaired) electrons. The van der Waals surface area contributed by atoms with E-state index in [0.29, 0.717) is 11.3 Å². The first kappa shape index (κ1) is 24.2. The predicted molar refractivity (Wildman–Crippen MR) is 139 cm³/mol. The zero-order valence-electron chi connectivity index (χ0n) is 19.1. The van der Waals surface area contributed by atoms with E-state index in [0.717, 1.165) is 10.5 Å². The number of anilines is 1. The molecule has 2 aromatic carbocycles. The van der Waals surface area contributed by atoms with Crippen molar-refractivity contribution in [2.75, 3.05) is 4.90 Å². The summed E-state index contributed by atoms with van der Waals surface area (Å²) < 4.78 is 15.4. The molecule has 1 heterocycles. The van der Waals surface area contributed by atoms with Gasteiger partial charge in [0.1, 0.15) is 0 Å². The minimum Gasteiger partial charge on any atom is -0.505 e. The Bertz CT molecular complexity index is 1520. The van der Waals surface area contributed by atoms with Crippen molar-refractivity contribution in [3.05, 3.63) is 91.7 Å². The standard InChI is InChI=1S/C28H18Br2FNO5/c29-12-4-6-13(7-5-12)32-27(36)16-9-8-14-17(23(16)28(32)37)10-18-24(21(33)11-19(30)25(18)34)22(14)15-2-1-3-20(31)26(15)35/h1-8,11,16-17,22-23,35H,9-10H2/t16-,17+,22+,23-/m0/s1. The summed E-state index contributed by atoms with van der Waals surface area (Å²) in [4.78, 5) is 54.8. The maximum atomic E-state index is 14.4. The highest BCUT2D eigenvalue weighted by atomic mass is 79.9. The molecule has 37 heavy (non-hydrogen) atoms. The fraction of sp³-hybridized carbons (Fsp3) is 0.214. The number of carbonyl (C=O) groups is 4. The molecule has 4 atom stereocenters. The lowest BCUT2D eigenvalue weighted by Crippen LogP contribution is -2.39. The number of nitrogens with zero attached hydrogens (tertiary/aromatic N) is 1. The zero-order chi connectivity index (χ0) is 26.2. The molecule has 2 aromatic rings. The molecule has 0 bridgehead atoms. The number of hydrogen-bond acceptors (Lipinski definition) is 5. The van der Waals surface area contributed by atoms with E-state index in [1.165, 1.54) is 23.1 Å². The van der Waals surface area contributed by atoms with Crippen molar-refractivity contribution in [3.8, 4) is 5.75 Å². The van der Waals surface area contributed by atoms with E-state index in [4.69, 9.17) is 0 Å². The van der Waals surface area contributed by atoms with Crippen molar-refractivity contribution < 1.29 is 28.7 Å². The molecule has 1 fully saturated rings. The summed E-state index contributed by atoms with van der Waals surface area (Å²) in [5.74, 6) is -5.81. The lowest BCUT2D eigenvalue weighted by Gasteiger charge is -2.42. The number of benzene rings is 2. The molecule has 9 heteroatoms. The van der Waals surface area contributed by atoms with Crippen molar-refractivity contribution >= 4 is 60.9 Å². The fourth-order valence-corrected chi connectivity index (χ4v) is 6.88. The van der Waals surface area contributed by atoms with Gasteiger partial charge in [0.15, 0.2) is 23.1 Å². The van der Waals surface area contributed by atoms with Gasteiger partial charge in [-0.2, -0.15) is 0 Å². The lowest BCUT2D eigenvalue weighted by molar-refractivity contribution is -0.123. The van der Waals surface area contributed by atoms with Crippen LogP contribution in [0.5, 0.6) is 5.75 Å². The van der Waals surface area contributed by atoms with Crippen LogP contribution in [-0.2, 0) is 19.2 Å². The van der Waals surface area contributed by atoms with Gasteiger partial charge < -0.3 is 5.11 Å². The average Bonchev–Trinajstić information content (AvgIpc) is 3.13. The summed E-state index contributed by atoms with van der Waals surface area (Å²) in [6.07, 6.45) is 3.36. The van der Waals surface area contributed by atoms with E-state index in [2.05, 4.69) is 31.9 Å². The van der Waals surface area contributed by atoms with Crippen molar-refractivity contribution in [1.82, 2.24) is 0 Å². The van der Waals surface area contributed by atoms with Crippen molar-refractivity contribution in [1.29, 1.82) is 0 Å². The summed E-state index contributed by atoms with van der Waals surface area (Å²) in [5, 5.41) is 10.7. The second kappa shape index (κ2) is 8.70. The Labute approximate surface area is 227 Å². The van der Waals surface area contributed by atoms with Crippen LogP contribution in [-0.4, -0.2) is 28.5 Å². The van der Waals surface area contributed by atoms with E-state index < -0.39 is 46.8 Å². The van der Waals surface area contributed by atoms with Crippen LogP contribution in [0.1, 0.15) is 24.3 Å². The van der Waals surface area contributed by atoms with Crippen LogP contribution in [0.25, 0.3) is 0 Å². The van der Waals surface area contributed by atoms with Crippen molar-refractivity contribution in [2.45, 2.75) is 18.8 Å². The first-order chi connectivity index (χ1) is 17.7. The third-order valence-corrected chi connectivity index (χ3v) is 8.86. The van der Waals surface area contributed by atoms with Gasteiger partial charge in [-0.3, -0.25) is 24.1 Å². The molecule has 6 rings (SSSR count). The maximum Gasteiger partial charge on any atom is 0.238 e. The van der Waals surface area contributed by atoms with Gasteiger partial charge in [-0.15, -0.1) is 0 Å². The Morgan fingerprint density at radius 3 is 2.41 bits per heavy atom. The SMILES string of the molecule is O=C1C=C(Br)C(=O)C2=C1[C@@H](c1cccc(F)c1O)C1=CC[C@@H]3C(=O)N(c4ccc(Br)cc4)C(=O)[C@@H]3[C@@H]1C2. The number of phenolic OH excluding ortho intramolecular Hbond substituents is 1. The van der Waals surface area contributed by atoms with Crippen LogP contribution < -0.4 is 4.90 Å². The second-order valence-electron chi connectivity index (χ2n) is 9.56. The number of aromatic hydroxyl groups is 1. The Morgan fingerprint density at radius 1 is 0.946 bits per heavy atom. The number of para-hydroxylation sites is 1. The smallest absolute Gasteiger partial charge is 0.238 e. The molecular weight excluding hydrogens is 609 g/mol. The number of phenols is 1. The van der Waals surface area contributed by atoms with Crippen LogP contribution in [0.2, 0.25) is 0 Å². The van der Waals surface area contributed by atoms with Gasteiger partial charge in [0.2, 0.25) is 11.8 Å². The number of allylic oxidation sites excluding steroid dienone is 6. The molecule has 1 aliphatic heterocycles. The first-order valence-corrected chi connectivity index (χ1v) is 13.3. The third kappa shape index (κ3) is 3.54. The molecule has 0 unspecified atom stereocenters. The van der Waals surface area contributed by atoms with E-state index in [9.17, 15) is 28.7 Å². The van der Waals surface area contributed by atoms with Gasteiger partial charge in [-0.05, 0) is 65.0 Å². The number of Topliss-reactive ketones (excluding diaryl/α,β-unsaturated/α-hetero) is 1. The maximum absolute atomic E-state index is 14.4. The number of halogens is 3. The number of ketones is 2. The summed E-state index contributed by atoms with van der Waals surface area (Å²) in [5.41, 5.74) is 1.65. The summed E-state index contributed by atoms with van der Waals surface area (Å²) in [6.45, 7) is 0. The first-order valence-electron chi connectivity index (χ1n) is 11.7. The number of hydrogen-bond donors (Lipinski definition) is 1. The van der Waals surface area contributed by atoms with Crippen LogP contribution in [0.3, 0.4) is 0 Å². The van der Waals surface area contributed by atoms with Gasteiger partial charge in [-0.1, -0.05) is 39.7 Å². The monoisotopic (exact) mass is 625 g/mol. The van der Waals surface area contributed by atoms with Crippen LogP contribution in [0.4, 0.5) is 10.1 Å². The van der Waals surface area contributed by atoms with Gasteiger partial charge in [0.25, 0.3) is 0 Å².